The van der Waals surface area contributed by atoms with Crippen molar-refractivity contribution in [2.45, 2.75) is 6.92 Å². The summed E-state index contributed by atoms with van der Waals surface area (Å²) < 4.78 is 10.4. The summed E-state index contributed by atoms with van der Waals surface area (Å²) in [4.78, 5) is 26.0. The Morgan fingerprint density at radius 2 is 1.95 bits per heavy atom. The van der Waals surface area contributed by atoms with Crippen LogP contribution < -0.4 is 4.74 Å². The van der Waals surface area contributed by atoms with Crippen LogP contribution in [0.25, 0.3) is 0 Å². The molecule has 102 valence electrons. The molecule has 0 saturated heterocycles. The number of rotatable bonds is 5. The van der Waals surface area contributed by atoms with E-state index in [2.05, 4.69) is 4.98 Å². The highest BCUT2D eigenvalue weighted by atomic mass is 16.5. The van der Waals surface area contributed by atoms with E-state index in [9.17, 15) is 9.59 Å². The first kappa shape index (κ1) is 13.7. The normalized spacial score (nSPS) is 9.85. The van der Waals surface area contributed by atoms with Crippen molar-refractivity contribution in [3.63, 3.8) is 0 Å². The van der Waals surface area contributed by atoms with Crippen molar-refractivity contribution in [1.82, 2.24) is 4.98 Å². The second-order valence-electron chi connectivity index (χ2n) is 3.89. The van der Waals surface area contributed by atoms with Gasteiger partial charge in [0, 0.05) is 17.8 Å². The molecular weight excluding hydrogens is 258 g/mol. The second-order valence-corrected chi connectivity index (χ2v) is 3.89. The molecule has 0 unspecified atom stereocenters. The maximum Gasteiger partial charge on any atom is 0.338 e. The Morgan fingerprint density at radius 3 is 2.50 bits per heavy atom. The Hall–Kier alpha value is -2.69. The van der Waals surface area contributed by atoms with Crippen molar-refractivity contribution in [3.8, 4) is 11.6 Å². The van der Waals surface area contributed by atoms with Crippen molar-refractivity contribution in [2.24, 2.45) is 0 Å². The first-order valence-electron chi connectivity index (χ1n) is 6.09. The zero-order valence-electron chi connectivity index (χ0n) is 10.9. The number of pyridine rings is 1. The smallest absolute Gasteiger partial charge is 0.338 e. The number of nitrogens with zero attached hydrogens (tertiary/aromatic N) is 1. The van der Waals surface area contributed by atoms with E-state index < -0.39 is 0 Å². The molecule has 0 aliphatic carbocycles. The molecule has 0 aliphatic heterocycles. The molecule has 0 amide bonds. The van der Waals surface area contributed by atoms with Gasteiger partial charge in [-0.1, -0.05) is 0 Å². The van der Waals surface area contributed by atoms with Crippen molar-refractivity contribution in [2.75, 3.05) is 6.61 Å². The number of carbonyl (C=O) groups excluding carboxylic acids is 2. The minimum atomic E-state index is -0.368. The summed E-state index contributed by atoms with van der Waals surface area (Å²) in [5.41, 5.74) is 0.943. The third-order valence-electron chi connectivity index (χ3n) is 2.48. The summed E-state index contributed by atoms with van der Waals surface area (Å²) in [6.07, 6.45) is 2.14. The van der Waals surface area contributed by atoms with Crippen LogP contribution in [0, 0.1) is 0 Å². The fourth-order valence-electron chi connectivity index (χ4n) is 1.52. The maximum atomic E-state index is 11.5. The van der Waals surface area contributed by atoms with Crippen LogP contribution in [-0.2, 0) is 4.74 Å². The number of benzene rings is 1. The largest absolute Gasteiger partial charge is 0.462 e. The second kappa shape index (κ2) is 6.47. The zero-order chi connectivity index (χ0) is 14.4. The number of hydrogen-bond acceptors (Lipinski definition) is 5. The van der Waals surface area contributed by atoms with E-state index in [-0.39, 0.29) is 5.97 Å². The fraction of sp³-hybridized carbons (Fsp3) is 0.133. The van der Waals surface area contributed by atoms with E-state index in [1.54, 1.807) is 43.3 Å². The van der Waals surface area contributed by atoms with Crippen LogP contribution in [-0.4, -0.2) is 23.8 Å². The molecule has 5 nitrogen and oxygen atoms in total. The van der Waals surface area contributed by atoms with Crippen LogP contribution >= 0.6 is 0 Å². The molecule has 0 fully saturated rings. The van der Waals surface area contributed by atoms with Gasteiger partial charge in [-0.2, -0.15) is 0 Å². The minimum Gasteiger partial charge on any atom is -0.462 e. The molecule has 1 heterocycles. The lowest BCUT2D eigenvalue weighted by Gasteiger charge is -2.06. The Kier molecular flexibility index (Phi) is 4.44. The van der Waals surface area contributed by atoms with E-state index in [1.165, 1.54) is 6.20 Å². The van der Waals surface area contributed by atoms with E-state index in [0.29, 0.717) is 35.6 Å². The lowest BCUT2D eigenvalue weighted by molar-refractivity contribution is 0.0526. The molecule has 5 heteroatoms. The molecule has 0 atom stereocenters. The van der Waals surface area contributed by atoms with Gasteiger partial charge < -0.3 is 9.47 Å². The molecule has 2 aromatic rings. The quantitative estimate of drug-likeness (QED) is 0.618. The molecule has 2 rings (SSSR count). The van der Waals surface area contributed by atoms with Gasteiger partial charge in [0.1, 0.15) is 5.75 Å². The highest BCUT2D eigenvalue weighted by molar-refractivity contribution is 5.89. The monoisotopic (exact) mass is 271 g/mol. The summed E-state index contributed by atoms with van der Waals surface area (Å²) in [5, 5.41) is 0. The zero-order valence-corrected chi connectivity index (χ0v) is 10.9. The maximum absolute atomic E-state index is 11.5. The van der Waals surface area contributed by atoms with E-state index in [4.69, 9.17) is 9.47 Å². The topological polar surface area (TPSA) is 65.5 Å². The van der Waals surface area contributed by atoms with E-state index in [1.807, 2.05) is 0 Å². The third-order valence-corrected chi connectivity index (χ3v) is 2.48. The van der Waals surface area contributed by atoms with Crippen LogP contribution in [0.15, 0.2) is 42.6 Å². The molecule has 0 radical (unpaired) electrons. The van der Waals surface area contributed by atoms with Gasteiger partial charge >= 0.3 is 5.97 Å². The van der Waals surface area contributed by atoms with Crippen LogP contribution in [0.4, 0.5) is 0 Å². The van der Waals surface area contributed by atoms with Crippen molar-refractivity contribution >= 4 is 12.3 Å². The Bertz CT molecular complexity index is 590. The molecule has 0 bridgehead atoms. The number of ether oxygens (including phenoxy) is 2. The predicted octanol–water partition coefficient (Wildman–Crippen LogP) is 2.86. The summed E-state index contributed by atoms with van der Waals surface area (Å²) in [7, 11) is 0. The average molecular weight is 271 g/mol. The Balaban J connectivity index is 2.06. The first-order valence-corrected chi connectivity index (χ1v) is 6.09. The third kappa shape index (κ3) is 3.41. The van der Waals surface area contributed by atoms with Gasteiger partial charge in [0.2, 0.25) is 5.88 Å². The van der Waals surface area contributed by atoms with Gasteiger partial charge in [-0.15, -0.1) is 0 Å². The lowest BCUT2D eigenvalue weighted by Crippen LogP contribution is -2.04. The molecule has 0 spiro atoms. The number of hydrogen-bond donors (Lipinski definition) is 0. The number of esters is 1. The van der Waals surface area contributed by atoms with Gasteiger partial charge in [0.25, 0.3) is 0 Å². The predicted molar refractivity (Wildman–Crippen MR) is 72.1 cm³/mol. The van der Waals surface area contributed by atoms with Gasteiger partial charge in [-0.25, -0.2) is 9.78 Å². The summed E-state index contributed by atoms with van der Waals surface area (Å²) in [6.45, 7) is 2.09. The number of carbonyl (C=O) groups is 2. The van der Waals surface area contributed by atoms with Crippen LogP contribution in [0.5, 0.6) is 11.6 Å². The number of aldehydes is 1. The van der Waals surface area contributed by atoms with E-state index in [0.717, 1.165) is 0 Å². The minimum absolute atomic E-state index is 0.337. The summed E-state index contributed by atoms with van der Waals surface area (Å²) >= 11 is 0. The molecule has 0 aliphatic rings. The molecule has 1 aromatic heterocycles. The first-order chi connectivity index (χ1) is 9.72. The fourth-order valence-corrected chi connectivity index (χ4v) is 1.52. The standard InChI is InChI=1S/C15H13NO4/c1-2-19-15(18)12-4-6-13(7-5-12)20-14-8-3-11(10-17)9-16-14/h3-10H,2H2,1H3. The van der Waals surface area contributed by atoms with Gasteiger partial charge in [0.05, 0.1) is 12.2 Å². The van der Waals surface area contributed by atoms with E-state index >= 15 is 0 Å². The van der Waals surface area contributed by atoms with Crippen molar-refractivity contribution in [3.05, 3.63) is 53.7 Å². The van der Waals surface area contributed by atoms with Crippen molar-refractivity contribution in [1.29, 1.82) is 0 Å². The molecule has 20 heavy (non-hydrogen) atoms. The molecule has 1 aromatic carbocycles. The average Bonchev–Trinajstić information content (AvgIpc) is 2.49. The van der Waals surface area contributed by atoms with Gasteiger partial charge in [0.15, 0.2) is 6.29 Å². The highest BCUT2D eigenvalue weighted by Crippen LogP contribution is 2.20. The molecular formula is C15H13NO4. The molecule has 0 N–H and O–H groups in total. The SMILES string of the molecule is CCOC(=O)c1ccc(Oc2ccc(C=O)cn2)cc1. The van der Waals surface area contributed by atoms with Crippen LogP contribution in [0.2, 0.25) is 0 Å². The van der Waals surface area contributed by atoms with Crippen molar-refractivity contribution < 1.29 is 19.1 Å². The Labute approximate surface area is 116 Å². The Morgan fingerprint density at radius 1 is 1.20 bits per heavy atom. The summed E-state index contributed by atoms with van der Waals surface area (Å²) in [6, 6.07) is 9.76. The molecule has 0 saturated carbocycles. The highest BCUT2D eigenvalue weighted by Gasteiger charge is 2.06. The van der Waals surface area contributed by atoms with Gasteiger partial charge in [-0.05, 0) is 37.3 Å². The lowest BCUT2D eigenvalue weighted by atomic mass is 10.2. The number of aromatic nitrogens is 1. The van der Waals surface area contributed by atoms with Gasteiger partial charge in [-0.3, -0.25) is 4.79 Å². The van der Waals surface area contributed by atoms with Crippen LogP contribution in [0.3, 0.4) is 0 Å². The van der Waals surface area contributed by atoms with Crippen LogP contribution in [0.1, 0.15) is 27.6 Å². The summed E-state index contributed by atoms with van der Waals surface area (Å²) in [5.74, 6) is 0.552.